The zero-order valence-corrected chi connectivity index (χ0v) is 9.95. The van der Waals surface area contributed by atoms with Gasteiger partial charge in [0.1, 0.15) is 0 Å². The Morgan fingerprint density at radius 3 is 2.73 bits per heavy atom. The molecule has 0 spiro atoms. The van der Waals surface area contributed by atoms with Crippen molar-refractivity contribution in [2.24, 2.45) is 5.73 Å². The van der Waals surface area contributed by atoms with Crippen LogP contribution >= 0.6 is 0 Å². The Labute approximate surface area is 91.9 Å². The van der Waals surface area contributed by atoms with Gasteiger partial charge >= 0.3 is 0 Å². The van der Waals surface area contributed by atoms with Gasteiger partial charge in [0.05, 0.1) is 19.3 Å². The van der Waals surface area contributed by atoms with Gasteiger partial charge < -0.3 is 15.8 Å². The summed E-state index contributed by atoms with van der Waals surface area (Å²) in [6, 6.07) is 0. The van der Waals surface area contributed by atoms with Crippen molar-refractivity contribution in [1.82, 2.24) is 10.2 Å². The molecule has 0 fully saturated rings. The van der Waals surface area contributed by atoms with Crippen LogP contribution in [0.1, 0.15) is 13.8 Å². The molecule has 0 saturated heterocycles. The van der Waals surface area contributed by atoms with Gasteiger partial charge in [0, 0.05) is 19.6 Å². The highest BCUT2D eigenvalue weighted by Crippen LogP contribution is 1.89. The number of nitrogens with two attached hydrogens (primary N) is 1. The van der Waals surface area contributed by atoms with Crippen molar-refractivity contribution < 1.29 is 9.53 Å². The van der Waals surface area contributed by atoms with Crippen molar-refractivity contribution in [1.29, 1.82) is 0 Å². The van der Waals surface area contributed by atoms with Crippen LogP contribution in [0, 0.1) is 0 Å². The Morgan fingerprint density at radius 1 is 1.53 bits per heavy atom. The van der Waals surface area contributed by atoms with Crippen LogP contribution in [0.25, 0.3) is 0 Å². The average Bonchev–Trinajstić information content (AvgIpc) is 2.14. The lowest BCUT2D eigenvalue weighted by atomic mass is 10.4. The number of nitrogens with zero attached hydrogens (tertiary/aromatic N) is 1. The van der Waals surface area contributed by atoms with Crippen molar-refractivity contribution in [3.05, 3.63) is 0 Å². The fraction of sp³-hybridized carbons (Fsp3) is 0.900. The van der Waals surface area contributed by atoms with Gasteiger partial charge in [0.15, 0.2) is 0 Å². The molecule has 0 radical (unpaired) electrons. The predicted molar refractivity (Wildman–Crippen MR) is 60.6 cm³/mol. The molecule has 3 N–H and O–H groups in total. The Kier molecular flexibility index (Phi) is 8.27. The lowest BCUT2D eigenvalue weighted by molar-refractivity contribution is -0.122. The van der Waals surface area contributed by atoms with E-state index >= 15 is 0 Å². The van der Waals surface area contributed by atoms with Crippen LogP contribution in [0.2, 0.25) is 0 Å². The minimum absolute atomic E-state index is 0.00694. The number of hydrogen-bond donors (Lipinski definition) is 2. The average molecular weight is 217 g/mol. The minimum atomic E-state index is 0.00694. The second kappa shape index (κ2) is 8.64. The summed E-state index contributed by atoms with van der Waals surface area (Å²) >= 11 is 0. The summed E-state index contributed by atoms with van der Waals surface area (Å²) in [5.74, 6) is 0.00694. The highest BCUT2D eigenvalue weighted by Gasteiger charge is 2.05. The van der Waals surface area contributed by atoms with Crippen LogP contribution in [0.15, 0.2) is 0 Å². The number of likely N-dealkylation sites (N-methyl/N-ethyl adjacent to an activating group) is 1. The zero-order chi connectivity index (χ0) is 11.7. The molecule has 5 nitrogen and oxygen atoms in total. The number of carbonyl (C=O) groups excluding carboxylic acids is 1. The van der Waals surface area contributed by atoms with E-state index in [2.05, 4.69) is 5.32 Å². The van der Waals surface area contributed by atoms with Crippen molar-refractivity contribution >= 4 is 5.91 Å². The second-order valence-electron chi connectivity index (χ2n) is 3.80. The van der Waals surface area contributed by atoms with Gasteiger partial charge in [0.2, 0.25) is 5.91 Å². The molecule has 0 aliphatic rings. The van der Waals surface area contributed by atoms with Crippen LogP contribution in [0.4, 0.5) is 0 Å². The molecule has 0 aliphatic carbocycles. The summed E-state index contributed by atoms with van der Waals surface area (Å²) in [5, 5.41) is 2.72. The monoisotopic (exact) mass is 217 g/mol. The molecule has 0 aromatic heterocycles. The smallest absolute Gasteiger partial charge is 0.234 e. The first kappa shape index (κ1) is 14.3. The summed E-state index contributed by atoms with van der Waals surface area (Å²) in [6.07, 6.45) is 0.240. The molecule has 1 amide bonds. The SMILES string of the molecule is CC(C)OCCN(C)CC(=O)NCCN. The van der Waals surface area contributed by atoms with Crippen molar-refractivity contribution in [2.45, 2.75) is 20.0 Å². The van der Waals surface area contributed by atoms with Gasteiger partial charge in [-0.15, -0.1) is 0 Å². The number of rotatable bonds is 8. The van der Waals surface area contributed by atoms with Crippen LogP contribution in [-0.2, 0) is 9.53 Å². The Bertz CT molecular complexity index is 174. The molecule has 0 unspecified atom stereocenters. The number of hydrogen-bond acceptors (Lipinski definition) is 4. The van der Waals surface area contributed by atoms with E-state index in [1.165, 1.54) is 0 Å². The molecule has 0 rings (SSSR count). The molecule has 0 aromatic carbocycles. The Hall–Kier alpha value is -0.650. The Balaban J connectivity index is 3.46. The second-order valence-corrected chi connectivity index (χ2v) is 3.80. The largest absolute Gasteiger partial charge is 0.377 e. The van der Waals surface area contributed by atoms with Crippen molar-refractivity contribution in [2.75, 3.05) is 39.8 Å². The Morgan fingerprint density at radius 2 is 2.20 bits per heavy atom. The summed E-state index contributed by atoms with van der Waals surface area (Å²) in [7, 11) is 1.89. The van der Waals surface area contributed by atoms with E-state index in [-0.39, 0.29) is 12.0 Å². The van der Waals surface area contributed by atoms with Crippen molar-refractivity contribution in [3.63, 3.8) is 0 Å². The van der Waals surface area contributed by atoms with Gasteiger partial charge in [-0.25, -0.2) is 0 Å². The van der Waals surface area contributed by atoms with Crippen LogP contribution < -0.4 is 11.1 Å². The van der Waals surface area contributed by atoms with E-state index in [0.29, 0.717) is 26.2 Å². The lowest BCUT2D eigenvalue weighted by Gasteiger charge is -2.17. The maximum absolute atomic E-state index is 11.3. The molecule has 0 heterocycles. The molecule has 5 heteroatoms. The summed E-state index contributed by atoms with van der Waals surface area (Å²) in [6.45, 7) is 6.80. The molecule has 15 heavy (non-hydrogen) atoms. The summed E-state index contributed by atoms with van der Waals surface area (Å²) in [4.78, 5) is 13.2. The molecular formula is C10H23N3O2. The fourth-order valence-electron chi connectivity index (χ4n) is 1.04. The maximum atomic E-state index is 11.3. The number of nitrogens with one attached hydrogen (secondary N) is 1. The van der Waals surface area contributed by atoms with Crippen molar-refractivity contribution in [3.8, 4) is 0 Å². The third kappa shape index (κ3) is 9.65. The van der Waals surface area contributed by atoms with Gasteiger partial charge in [-0.2, -0.15) is 0 Å². The fourth-order valence-corrected chi connectivity index (χ4v) is 1.04. The topological polar surface area (TPSA) is 67.6 Å². The number of amides is 1. The van der Waals surface area contributed by atoms with Gasteiger partial charge in [-0.3, -0.25) is 9.69 Å². The standard InChI is InChI=1S/C10H23N3O2/c1-9(2)15-7-6-13(3)8-10(14)12-5-4-11/h9H,4-8,11H2,1-3H3,(H,12,14). The van der Waals surface area contributed by atoms with Gasteiger partial charge in [-0.05, 0) is 20.9 Å². The molecule has 0 atom stereocenters. The lowest BCUT2D eigenvalue weighted by Crippen LogP contribution is -2.38. The van der Waals surface area contributed by atoms with Gasteiger partial charge in [0.25, 0.3) is 0 Å². The number of ether oxygens (including phenoxy) is 1. The van der Waals surface area contributed by atoms with E-state index in [4.69, 9.17) is 10.5 Å². The van der Waals surface area contributed by atoms with E-state index in [1.54, 1.807) is 0 Å². The van der Waals surface area contributed by atoms with E-state index in [1.807, 2.05) is 25.8 Å². The highest BCUT2D eigenvalue weighted by atomic mass is 16.5. The molecule has 0 saturated carbocycles. The maximum Gasteiger partial charge on any atom is 0.234 e. The number of carbonyl (C=O) groups is 1. The van der Waals surface area contributed by atoms with Gasteiger partial charge in [-0.1, -0.05) is 0 Å². The molecule has 0 aromatic rings. The quantitative estimate of drug-likeness (QED) is 0.571. The molecule has 0 bridgehead atoms. The van der Waals surface area contributed by atoms with E-state index in [0.717, 1.165) is 6.54 Å². The first-order valence-electron chi connectivity index (χ1n) is 5.33. The molecular weight excluding hydrogens is 194 g/mol. The molecule has 90 valence electrons. The van der Waals surface area contributed by atoms with E-state index < -0.39 is 0 Å². The predicted octanol–water partition coefficient (Wildman–Crippen LogP) is -0.582. The van der Waals surface area contributed by atoms with Crippen LogP contribution in [0.5, 0.6) is 0 Å². The summed E-state index contributed by atoms with van der Waals surface area (Å²) in [5.41, 5.74) is 5.27. The van der Waals surface area contributed by atoms with Crippen LogP contribution in [-0.4, -0.2) is 56.7 Å². The van der Waals surface area contributed by atoms with E-state index in [9.17, 15) is 4.79 Å². The summed E-state index contributed by atoms with van der Waals surface area (Å²) < 4.78 is 5.38. The molecule has 0 aliphatic heterocycles. The van der Waals surface area contributed by atoms with Crippen LogP contribution in [0.3, 0.4) is 0 Å². The normalized spacial score (nSPS) is 11.1. The minimum Gasteiger partial charge on any atom is -0.377 e. The first-order valence-corrected chi connectivity index (χ1v) is 5.33. The highest BCUT2D eigenvalue weighted by molar-refractivity contribution is 5.77. The first-order chi connectivity index (χ1) is 7.06. The zero-order valence-electron chi connectivity index (χ0n) is 9.95. The third-order valence-corrected chi connectivity index (χ3v) is 1.80. The third-order valence-electron chi connectivity index (χ3n) is 1.80.